The lowest BCUT2D eigenvalue weighted by atomic mass is 9.91. The standard InChI is InChI=1S/C66H44N2O/c1-4-15-45(16-5-1)49-17-14-22-58(42-49)67(55-18-6-2-7-19-55)57-35-31-47(32-36-57)46-27-29-48(30-28-46)52-39-53(41-54(40-52)51-34-38-66-62(44-51)60-24-11-13-26-65(60)69-66)50-33-37-64-61(43-50)59-23-10-12-25-63(59)68(64)56-20-8-3-9-21-56/h1-44H. The molecule has 2 heterocycles. The van der Waals surface area contributed by atoms with Gasteiger partial charge in [0.1, 0.15) is 11.2 Å². The smallest absolute Gasteiger partial charge is 0.135 e. The van der Waals surface area contributed by atoms with Gasteiger partial charge in [-0.1, -0.05) is 164 Å². The SMILES string of the molecule is c1ccc(-c2cccc(N(c3ccccc3)c3ccc(-c4ccc(-c5cc(-c6ccc7oc8ccccc8c7c6)cc(-c6ccc7c(c6)c6ccccc6n7-c6ccccc6)c5)cc4)cc3)c2)cc1. The van der Waals surface area contributed by atoms with Crippen molar-refractivity contribution < 1.29 is 4.42 Å². The Morgan fingerprint density at radius 2 is 0.696 bits per heavy atom. The minimum Gasteiger partial charge on any atom is -0.456 e. The van der Waals surface area contributed by atoms with Crippen LogP contribution in [0.5, 0.6) is 0 Å². The normalized spacial score (nSPS) is 11.5. The van der Waals surface area contributed by atoms with Crippen LogP contribution in [0.15, 0.2) is 271 Å². The fraction of sp³-hybridized carbons (Fsp3) is 0. The van der Waals surface area contributed by atoms with Crippen LogP contribution in [-0.2, 0) is 0 Å². The van der Waals surface area contributed by atoms with Gasteiger partial charge in [0.25, 0.3) is 0 Å². The summed E-state index contributed by atoms with van der Waals surface area (Å²) in [4.78, 5) is 2.33. The van der Waals surface area contributed by atoms with E-state index in [9.17, 15) is 0 Å². The van der Waals surface area contributed by atoms with E-state index in [0.29, 0.717) is 0 Å². The molecule has 0 saturated carbocycles. The molecule has 13 rings (SSSR count). The summed E-state index contributed by atoms with van der Waals surface area (Å²) in [5, 5.41) is 4.71. The number of hydrogen-bond acceptors (Lipinski definition) is 2. The van der Waals surface area contributed by atoms with E-state index in [0.717, 1.165) is 83.6 Å². The van der Waals surface area contributed by atoms with Crippen LogP contribution >= 0.6 is 0 Å². The Labute approximate surface area is 401 Å². The van der Waals surface area contributed by atoms with Gasteiger partial charge < -0.3 is 13.9 Å². The first-order valence-electron chi connectivity index (χ1n) is 23.6. The average Bonchev–Trinajstić information content (AvgIpc) is 3.97. The van der Waals surface area contributed by atoms with Gasteiger partial charge in [-0.15, -0.1) is 0 Å². The fourth-order valence-corrected chi connectivity index (χ4v) is 10.2. The van der Waals surface area contributed by atoms with Gasteiger partial charge in [-0.3, -0.25) is 0 Å². The Hall–Kier alpha value is -9.18. The molecule has 0 atom stereocenters. The van der Waals surface area contributed by atoms with E-state index in [1.54, 1.807) is 0 Å². The van der Waals surface area contributed by atoms with E-state index in [2.05, 4.69) is 264 Å². The van der Waals surface area contributed by atoms with Crippen molar-refractivity contribution >= 4 is 60.8 Å². The topological polar surface area (TPSA) is 21.3 Å². The predicted octanol–water partition coefficient (Wildman–Crippen LogP) is 18.5. The molecule has 69 heavy (non-hydrogen) atoms. The summed E-state index contributed by atoms with van der Waals surface area (Å²) in [5.74, 6) is 0. The second-order valence-electron chi connectivity index (χ2n) is 17.7. The molecule has 0 fully saturated rings. The minimum absolute atomic E-state index is 0.894. The Morgan fingerprint density at radius 1 is 0.246 bits per heavy atom. The molecule has 11 aromatic carbocycles. The molecule has 0 aliphatic heterocycles. The molecule has 0 N–H and O–H groups in total. The van der Waals surface area contributed by atoms with Gasteiger partial charge in [0.15, 0.2) is 0 Å². The van der Waals surface area contributed by atoms with Crippen molar-refractivity contribution in [1.82, 2.24) is 4.57 Å². The Bertz CT molecular complexity index is 3980. The van der Waals surface area contributed by atoms with E-state index in [1.807, 2.05) is 12.1 Å². The molecule has 0 saturated heterocycles. The van der Waals surface area contributed by atoms with Crippen LogP contribution in [0, 0.1) is 0 Å². The van der Waals surface area contributed by atoms with E-state index in [4.69, 9.17) is 4.42 Å². The Balaban J connectivity index is 0.885. The summed E-state index contributed by atoms with van der Waals surface area (Å²) in [6, 6.07) is 96.2. The maximum Gasteiger partial charge on any atom is 0.135 e. The second kappa shape index (κ2) is 16.9. The number of benzene rings is 11. The molecule has 0 aliphatic carbocycles. The summed E-state index contributed by atoms with van der Waals surface area (Å²) < 4.78 is 8.64. The summed E-state index contributed by atoms with van der Waals surface area (Å²) in [7, 11) is 0. The maximum atomic E-state index is 6.26. The van der Waals surface area contributed by atoms with Crippen LogP contribution in [0.3, 0.4) is 0 Å². The van der Waals surface area contributed by atoms with Gasteiger partial charge in [0.05, 0.1) is 11.0 Å². The zero-order valence-corrected chi connectivity index (χ0v) is 37.7. The quantitative estimate of drug-likeness (QED) is 0.144. The second-order valence-corrected chi connectivity index (χ2v) is 17.7. The monoisotopic (exact) mass is 880 g/mol. The lowest BCUT2D eigenvalue weighted by Crippen LogP contribution is -2.09. The molecule has 0 radical (unpaired) electrons. The summed E-state index contributed by atoms with van der Waals surface area (Å²) in [5.41, 5.74) is 20.3. The average molecular weight is 881 g/mol. The lowest BCUT2D eigenvalue weighted by Gasteiger charge is -2.26. The van der Waals surface area contributed by atoms with Gasteiger partial charge >= 0.3 is 0 Å². The molecule has 0 spiro atoms. The molecule has 2 aromatic heterocycles. The lowest BCUT2D eigenvalue weighted by molar-refractivity contribution is 0.669. The van der Waals surface area contributed by atoms with E-state index in [-0.39, 0.29) is 0 Å². The molecule has 0 bridgehead atoms. The third-order valence-corrected chi connectivity index (χ3v) is 13.6. The molecule has 0 amide bonds. The van der Waals surface area contributed by atoms with Crippen LogP contribution in [0.2, 0.25) is 0 Å². The van der Waals surface area contributed by atoms with Crippen LogP contribution in [0.25, 0.3) is 105 Å². The molecular formula is C66H44N2O. The number of rotatable bonds is 9. The number of aromatic nitrogens is 1. The van der Waals surface area contributed by atoms with E-state index in [1.165, 1.54) is 38.5 Å². The summed E-state index contributed by atoms with van der Waals surface area (Å²) >= 11 is 0. The highest BCUT2D eigenvalue weighted by atomic mass is 16.3. The highest BCUT2D eigenvalue weighted by Crippen LogP contribution is 2.41. The highest BCUT2D eigenvalue weighted by Gasteiger charge is 2.17. The molecule has 0 aliphatic rings. The number of fused-ring (bicyclic) bond motifs is 6. The highest BCUT2D eigenvalue weighted by molar-refractivity contribution is 6.11. The van der Waals surface area contributed by atoms with Crippen molar-refractivity contribution in [3.63, 3.8) is 0 Å². The van der Waals surface area contributed by atoms with Crippen LogP contribution in [0.1, 0.15) is 0 Å². The van der Waals surface area contributed by atoms with Crippen LogP contribution in [-0.4, -0.2) is 4.57 Å². The zero-order valence-electron chi connectivity index (χ0n) is 37.7. The number of nitrogens with zero attached hydrogens (tertiary/aromatic N) is 2. The molecule has 13 aromatic rings. The van der Waals surface area contributed by atoms with Crippen LogP contribution in [0.4, 0.5) is 17.1 Å². The predicted molar refractivity (Wildman–Crippen MR) is 290 cm³/mol. The number of anilines is 3. The van der Waals surface area contributed by atoms with Crippen molar-refractivity contribution in [2.45, 2.75) is 0 Å². The van der Waals surface area contributed by atoms with Gasteiger partial charge in [-0.25, -0.2) is 0 Å². The Kier molecular flexibility index (Phi) is 9.84. The van der Waals surface area contributed by atoms with Crippen molar-refractivity contribution in [3.05, 3.63) is 267 Å². The van der Waals surface area contributed by atoms with Gasteiger partial charge in [-0.05, 0) is 159 Å². The van der Waals surface area contributed by atoms with Crippen molar-refractivity contribution in [1.29, 1.82) is 0 Å². The van der Waals surface area contributed by atoms with Gasteiger partial charge in [0, 0.05) is 44.3 Å². The van der Waals surface area contributed by atoms with Gasteiger partial charge in [-0.2, -0.15) is 0 Å². The first-order chi connectivity index (χ1) is 34.2. The first kappa shape index (κ1) is 40.1. The molecule has 0 unspecified atom stereocenters. The van der Waals surface area contributed by atoms with Crippen molar-refractivity contribution in [2.75, 3.05) is 4.90 Å². The molecule has 324 valence electrons. The third kappa shape index (κ3) is 7.34. The molecule has 3 heteroatoms. The fourth-order valence-electron chi connectivity index (χ4n) is 10.2. The summed E-state index contributed by atoms with van der Waals surface area (Å²) in [6.45, 7) is 0. The van der Waals surface area contributed by atoms with Gasteiger partial charge in [0.2, 0.25) is 0 Å². The maximum absolute atomic E-state index is 6.26. The van der Waals surface area contributed by atoms with Crippen molar-refractivity contribution in [3.8, 4) is 61.3 Å². The summed E-state index contributed by atoms with van der Waals surface area (Å²) in [6.07, 6.45) is 0. The van der Waals surface area contributed by atoms with Crippen molar-refractivity contribution in [2.24, 2.45) is 0 Å². The number of furan rings is 1. The minimum atomic E-state index is 0.894. The Morgan fingerprint density at radius 3 is 1.42 bits per heavy atom. The third-order valence-electron chi connectivity index (χ3n) is 13.6. The largest absolute Gasteiger partial charge is 0.456 e. The van der Waals surface area contributed by atoms with E-state index < -0.39 is 0 Å². The zero-order chi connectivity index (χ0) is 45.7. The first-order valence-corrected chi connectivity index (χ1v) is 23.6. The number of para-hydroxylation sites is 4. The van der Waals surface area contributed by atoms with E-state index >= 15 is 0 Å². The molecule has 3 nitrogen and oxygen atoms in total. The number of hydrogen-bond donors (Lipinski definition) is 0. The molecular weight excluding hydrogens is 837 g/mol. The van der Waals surface area contributed by atoms with Crippen LogP contribution < -0.4 is 4.90 Å².